The summed E-state index contributed by atoms with van der Waals surface area (Å²) in [5, 5.41) is 6.12. The molecule has 6 heteroatoms. The summed E-state index contributed by atoms with van der Waals surface area (Å²) in [5.41, 5.74) is 0.496. The van der Waals surface area contributed by atoms with Crippen molar-refractivity contribution in [2.75, 3.05) is 18.5 Å². The average Bonchev–Trinajstić information content (AvgIpc) is 2.32. The molecule has 0 aromatic heterocycles. The van der Waals surface area contributed by atoms with E-state index >= 15 is 0 Å². The van der Waals surface area contributed by atoms with Gasteiger partial charge in [0.15, 0.2) is 6.61 Å². The molecule has 1 rings (SSSR count). The Balaban J connectivity index is 2.34. The molecule has 1 amide bonds. The summed E-state index contributed by atoms with van der Waals surface area (Å²) < 4.78 is 17.6. The molecule has 0 aliphatic rings. The van der Waals surface area contributed by atoms with Gasteiger partial charge in [0, 0.05) is 12.6 Å². The summed E-state index contributed by atoms with van der Waals surface area (Å²) in [6.45, 7) is 3.70. The molecular weight excluding hydrogens is 239 g/mol. The minimum Gasteiger partial charge on any atom is -0.479 e. The molecule has 18 heavy (non-hydrogen) atoms. The predicted octanol–water partition coefficient (Wildman–Crippen LogP) is 2.15. The fraction of sp³-hybridized carbons (Fsp3) is 0.333. The van der Waals surface area contributed by atoms with Crippen LogP contribution in [0.2, 0.25) is 0 Å². The number of nitrogens with one attached hydrogen (secondary N) is 1. The highest BCUT2D eigenvalue weighted by Gasteiger charge is 2.03. The number of ether oxygens (including phenoxy) is 1. The summed E-state index contributed by atoms with van der Waals surface area (Å²) in [5.74, 6) is -0.386. The standard InChI is InChI=1S/C12H15FN2O3/c1-3-17-9(2)15-18-8-12(16)14-11-6-4-10(13)5-7-11/h4-7H,3,8H2,1-2H3,(H,14,16)/b15-9-. The van der Waals surface area contributed by atoms with Crippen LogP contribution in [0.3, 0.4) is 0 Å². The van der Waals surface area contributed by atoms with Crippen LogP contribution in [0.4, 0.5) is 10.1 Å². The van der Waals surface area contributed by atoms with E-state index in [2.05, 4.69) is 10.5 Å². The van der Waals surface area contributed by atoms with E-state index in [9.17, 15) is 9.18 Å². The number of carbonyl (C=O) groups excluding carboxylic acids is 1. The van der Waals surface area contributed by atoms with Gasteiger partial charge < -0.3 is 14.9 Å². The zero-order valence-corrected chi connectivity index (χ0v) is 10.3. The molecule has 0 fully saturated rings. The molecular formula is C12H15FN2O3. The molecule has 0 saturated carbocycles. The quantitative estimate of drug-likeness (QED) is 0.497. The highest BCUT2D eigenvalue weighted by atomic mass is 19.1. The number of oxime groups is 1. The summed E-state index contributed by atoms with van der Waals surface area (Å²) in [7, 11) is 0. The fourth-order valence-electron chi connectivity index (χ4n) is 1.15. The number of benzene rings is 1. The van der Waals surface area contributed by atoms with Crippen LogP contribution in [0, 0.1) is 5.82 Å². The zero-order chi connectivity index (χ0) is 13.4. The molecule has 1 aromatic rings. The van der Waals surface area contributed by atoms with E-state index in [1.165, 1.54) is 24.3 Å². The Morgan fingerprint density at radius 3 is 2.67 bits per heavy atom. The van der Waals surface area contributed by atoms with Crippen molar-refractivity contribution in [3.63, 3.8) is 0 Å². The van der Waals surface area contributed by atoms with Crippen LogP contribution in [0.1, 0.15) is 13.8 Å². The van der Waals surface area contributed by atoms with Crippen molar-refractivity contribution in [1.82, 2.24) is 0 Å². The van der Waals surface area contributed by atoms with Crippen LogP contribution in [0.15, 0.2) is 29.4 Å². The molecule has 0 radical (unpaired) electrons. The van der Waals surface area contributed by atoms with Gasteiger partial charge in [-0.15, -0.1) is 0 Å². The summed E-state index contributed by atoms with van der Waals surface area (Å²) >= 11 is 0. The van der Waals surface area contributed by atoms with Gasteiger partial charge in [0.25, 0.3) is 5.91 Å². The number of nitrogens with zero attached hydrogens (tertiary/aromatic N) is 1. The van der Waals surface area contributed by atoms with E-state index in [1.807, 2.05) is 6.92 Å². The third kappa shape index (κ3) is 5.29. The number of anilines is 1. The predicted molar refractivity (Wildman–Crippen MR) is 65.7 cm³/mol. The van der Waals surface area contributed by atoms with E-state index < -0.39 is 0 Å². The van der Waals surface area contributed by atoms with Gasteiger partial charge in [-0.3, -0.25) is 4.79 Å². The summed E-state index contributed by atoms with van der Waals surface area (Å²) in [6, 6.07) is 5.44. The van der Waals surface area contributed by atoms with E-state index in [0.717, 1.165) is 0 Å². The monoisotopic (exact) mass is 254 g/mol. The highest BCUT2D eigenvalue weighted by molar-refractivity contribution is 5.91. The second-order valence-corrected chi connectivity index (χ2v) is 3.37. The van der Waals surface area contributed by atoms with Gasteiger partial charge in [-0.2, -0.15) is 0 Å². The molecule has 1 N–H and O–H groups in total. The summed E-state index contributed by atoms with van der Waals surface area (Å²) in [4.78, 5) is 16.2. The third-order valence-electron chi connectivity index (χ3n) is 1.87. The van der Waals surface area contributed by atoms with Gasteiger partial charge in [-0.05, 0) is 31.2 Å². The van der Waals surface area contributed by atoms with Crippen molar-refractivity contribution in [3.8, 4) is 0 Å². The topological polar surface area (TPSA) is 59.9 Å². The van der Waals surface area contributed by atoms with Crippen molar-refractivity contribution in [2.24, 2.45) is 5.16 Å². The smallest absolute Gasteiger partial charge is 0.265 e. The van der Waals surface area contributed by atoms with E-state index in [4.69, 9.17) is 9.57 Å². The molecule has 0 bridgehead atoms. The lowest BCUT2D eigenvalue weighted by Crippen LogP contribution is -2.17. The number of hydrogen-bond donors (Lipinski definition) is 1. The molecule has 0 unspecified atom stereocenters. The Morgan fingerprint density at radius 1 is 1.39 bits per heavy atom. The Morgan fingerprint density at radius 2 is 2.06 bits per heavy atom. The Hall–Kier alpha value is -2.11. The Labute approximate surface area is 105 Å². The molecule has 0 aliphatic carbocycles. The number of carbonyl (C=O) groups is 1. The molecule has 0 spiro atoms. The first kappa shape index (κ1) is 14.0. The maximum absolute atomic E-state index is 12.6. The Kier molecular flexibility index (Phi) is 5.63. The van der Waals surface area contributed by atoms with Crippen LogP contribution in [-0.4, -0.2) is 25.0 Å². The van der Waals surface area contributed by atoms with E-state index in [1.54, 1.807) is 6.92 Å². The molecule has 98 valence electrons. The third-order valence-corrected chi connectivity index (χ3v) is 1.87. The highest BCUT2D eigenvalue weighted by Crippen LogP contribution is 2.07. The lowest BCUT2D eigenvalue weighted by Gasteiger charge is -2.05. The summed E-state index contributed by atoms with van der Waals surface area (Å²) in [6.07, 6.45) is 0. The van der Waals surface area contributed by atoms with E-state index in [-0.39, 0.29) is 18.3 Å². The van der Waals surface area contributed by atoms with Gasteiger partial charge in [0.05, 0.1) is 6.61 Å². The van der Waals surface area contributed by atoms with Crippen molar-refractivity contribution < 1.29 is 18.8 Å². The first-order chi connectivity index (χ1) is 8.61. The van der Waals surface area contributed by atoms with Crippen LogP contribution in [-0.2, 0) is 14.4 Å². The van der Waals surface area contributed by atoms with Crippen molar-refractivity contribution in [2.45, 2.75) is 13.8 Å². The molecule has 0 heterocycles. The van der Waals surface area contributed by atoms with Crippen molar-refractivity contribution >= 4 is 17.5 Å². The minimum absolute atomic E-state index is 0.234. The lowest BCUT2D eigenvalue weighted by atomic mass is 10.3. The van der Waals surface area contributed by atoms with Gasteiger partial charge in [-0.25, -0.2) is 4.39 Å². The van der Waals surface area contributed by atoms with Crippen molar-refractivity contribution in [3.05, 3.63) is 30.1 Å². The molecule has 5 nitrogen and oxygen atoms in total. The number of rotatable bonds is 5. The van der Waals surface area contributed by atoms with Crippen molar-refractivity contribution in [1.29, 1.82) is 0 Å². The van der Waals surface area contributed by atoms with Gasteiger partial charge in [0.1, 0.15) is 5.82 Å². The lowest BCUT2D eigenvalue weighted by molar-refractivity contribution is -0.120. The maximum atomic E-state index is 12.6. The van der Waals surface area contributed by atoms with Crippen LogP contribution in [0.5, 0.6) is 0 Å². The minimum atomic E-state index is -0.380. The average molecular weight is 254 g/mol. The van der Waals surface area contributed by atoms with Crippen LogP contribution >= 0.6 is 0 Å². The van der Waals surface area contributed by atoms with E-state index in [0.29, 0.717) is 18.2 Å². The largest absolute Gasteiger partial charge is 0.479 e. The fourth-order valence-corrected chi connectivity index (χ4v) is 1.15. The second-order valence-electron chi connectivity index (χ2n) is 3.37. The second kappa shape index (κ2) is 7.26. The zero-order valence-electron chi connectivity index (χ0n) is 10.3. The molecule has 0 aliphatic heterocycles. The number of amides is 1. The van der Waals surface area contributed by atoms with Gasteiger partial charge >= 0.3 is 0 Å². The van der Waals surface area contributed by atoms with Gasteiger partial charge in [-0.1, -0.05) is 5.16 Å². The van der Waals surface area contributed by atoms with Crippen LogP contribution in [0.25, 0.3) is 0 Å². The maximum Gasteiger partial charge on any atom is 0.265 e. The van der Waals surface area contributed by atoms with Gasteiger partial charge in [0.2, 0.25) is 5.90 Å². The molecule has 0 saturated heterocycles. The first-order valence-corrected chi connectivity index (χ1v) is 5.46. The Bertz CT molecular complexity index is 418. The normalized spacial score (nSPS) is 10.9. The molecule has 0 atom stereocenters. The first-order valence-electron chi connectivity index (χ1n) is 5.46. The molecule has 1 aromatic carbocycles. The number of halogens is 1. The SMILES string of the molecule is CCO/C(C)=N\OCC(=O)Nc1ccc(F)cc1. The van der Waals surface area contributed by atoms with Crippen LogP contribution < -0.4 is 5.32 Å². The number of hydrogen-bond acceptors (Lipinski definition) is 4.